The first-order chi connectivity index (χ1) is 14.0. The number of carboxylic acids is 1. The summed E-state index contributed by atoms with van der Waals surface area (Å²) < 4.78 is 11.5. The molecule has 1 heterocycles. The van der Waals surface area contributed by atoms with Crippen molar-refractivity contribution in [3.63, 3.8) is 0 Å². The Labute approximate surface area is 181 Å². The molecule has 0 atom stereocenters. The van der Waals surface area contributed by atoms with Crippen molar-refractivity contribution in [2.75, 3.05) is 20.3 Å². The van der Waals surface area contributed by atoms with Gasteiger partial charge in [-0.25, -0.2) is 0 Å². The fourth-order valence-electron chi connectivity index (χ4n) is 2.88. The highest BCUT2D eigenvalue weighted by molar-refractivity contribution is 8.26. The van der Waals surface area contributed by atoms with Crippen LogP contribution >= 0.6 is 24.0 Å². The van der Waals surface area contributed by atoms with Gasteiger partial charge >= 0.3 is 5.97 Å². The quantitative estimate of drug-likeness (QED) is 0.288. The van der Waals surface area contributed by atoms with Crippen LogP contribution in [0.25, 0.3) is 6.08 Å². The number of aliphatic carboxylic acids is 1. The van der Waals surface area contributed by atoms with E-state index in [4.69, 9.17) is 26.8 Å². The number of carboxylic acid groups (broad SMARTS) is 1. The number of thioether (sulfide) groups is 1. The first-order valence-corrected chi connectivity index (χ1v) is 11.0. The molecule has 1 fully saturated rings. The maximum absolute atomic E-state index is 12.4. The highest BCUT2D eigenvalue weighted by Crippen LogP contribution is 2.34. The van der Waals surface area contributed by atoms with Crippen LogP contribution in [0, 0.1) is 0 Å². The molecule has 8 heteroatoms. The maximum Gasteiger partial charge on any atom is 0.323 e. The van der Waals surface area contributed by atoms with Crippen LogP contribution in [0.15, 0.2) is 23.1 Å². The molecule has 6 nitrogen and oxygen atoms in total. The second-order valence-corrected chi connectivity index (χ2v) is 8.36. The molecule has 1 aromatic rings. The Bertz CT molecular complexity index is 778. The molecule has 0 bridgehead atoms. The normalized spacial score (nSPS) is 15.2. The van der Waals surface area contributed by atoms with Crippen LogP contribution in [0.2, 0.25) is 0 Å². The lowest BCUT2D eigenvalue weighted by Gasteiger charge is -2.12. The van der Waals surface area contributed by atoms with Crippen LogP contribution < -0.4 is 9.47 Å². The Morgan fingerprint density at radius 2 is 1.93 bits per heavy atom. The van der Waals surface area contributed by atoms with Gasteiger partial charge in [0.1, 0.15) is 10.9 Å². The number of rotatable bonds is 12. The third-order valence-corrected chi connectivity index (χ3v) is 5.79. The van der Waals surface area contributed by atoms with Gasteiger partial charge in [0.15, 0.2) is 11.5 Å². The standard InChI is InChI=1S/C21H27NO5S2/c1-3-4-5-6-7-8-11-27-16-10-9-15(12-17(16)26-2)13-18-20(25)22(14-19(23)24)21(28)29-18/h9-10,12-13H,3-8,11,14H2,1-2H3,(H,23,24)/b18-13-. The number of methoxy groups -OCH3 is 1. The van der Waals surface area contributed by atoms with Gasteiger partial charge in [0.25, 0.3) is 5.91 Å². The van der Waals surface area contributed by atoms with Crippen LogP contribution in [0.4, 0.5) is 0 Å². The van der Waals surface area contributed by atoms with Gasteiger partial charge in [-0.3, -0.25) is 14.5 Å². The van der Waals surface area contributed by atoms with Crippen LogP contribution in [-0.4, -0.2) is 46.5 Å². The molecule has 0 unspecified atom stereocenters. The van der Waals surface area contributed by atoms with Gasteiger partial charge in [0.05, 0.1) is 18.6 Å². The summed E-state index contributed by atoms with van der Waals surface area (Å²) in [4.78, 5) is 24.7. The number of unbranched alkanes of at least 4 members (excludes halogenated alkanes) is 5. The molecule has 0 aliphatic carbocycles. The van der Waals surface area contributed by atoms with Crippen molar-refractivity contribution in [2.24, 2.45) is 0 Å². The van der Waals surface area contributed by atoms with Gasteiger partial charge in [-0.1, -0.05) is 69.1 Å². The van der Waals surface area contributed by atoms with Gasteiger partial charge in [0.2, 0.25) is 0 Å². The Balaban J connectivity index is 1.97. The van der Waals surface area contributed by atoms with E-state index in [0.717, 1.165) is 35.1 Å². The van der Waals surface area contributed by atoms with E-state index in [-0.39, 0.29) is 4.32 Å². The number of benzene rings is 1. The van der Waals surface area contributed by atoms with Crippen LogP contribution in [-0.2, 0) is 9.59 Å². The minimum Gasteiger partial charge on any atom is -0.493 e. The smallest absolute Gasteiger partial charge is 0.323 e. The predicted molar refractivity (Wildman–Crippen MR) is 119 cm³/mol. The zero-order chi connectivity index (χ0) is 21.2. The second kappa shape index (κ2) is 11.8. The summed E-state index contributed by atoms with van der Waals surface area (Å²) in [5.41, 5.74) is 0.754. The molecule has 1 aliphatic heterocycles. The molecule has 29 heavy (non-hydrogen) atoms. The Kier molecular flexibility index (Phi) is 9.47. The summed E-state index contributed by atoms with van der Waals surface area (Å²) in [6, 6.07) is 5.45. The lowest BCUT2D eigenvalue weighted by atomic mass is 10.1. The molecule has 1 aliphatic rings. The Morgan fingerprint density at radius 3 is 2.62 bits per heavy atom. The summed E-state index contributed by atoms with van der Waals surface area (Å²) in [6.45, 7) is 2.41. The number of carbonyl (C=O) groups excluding carboxylic acids is 1. The molecule has 2 rings (SSSR count). The lowest BCUT2D eigenvalue weighted by Crippen LogP contribution is -2.33. The van der Waals surface area contributed by atoms with E-state index in [9.17, 15) is 9.59 Å². The summed E-state index contributed by atoms with van der Waals surface area (Å²) in [6.07, 6.45) is 8.86. The molecule has 158 valence electrons. The number of nitrogens with zero attached hydrogens (tertiary/aromatic N) is 1. The van der Waals surface area contributed by atoms with E-state index >= 15 is 0 Å². The molecule has 0 radical (unpaired) electrons. The number of carbonyl (C=O) groups is 2. The summed E-state index contributed by atoms with van der Waals surface area (Å²) >= 11 is 6.21. The van der Waals surface area contributed by atoms with E-state index in [2.05, 4.69) is 6.92 Å². The fraction of sp³-hybridized carbons (Fsp3) is 0.476. The summed E-state index contributed by atoms with van der Waals surface area (Å²) in [5, 5.41) is 8.91. The Morgan fingerprint density at radius 1 is 1.21 bits per heavy atom. The monoisotopic (exact) mass is 437 g/mol. The van der Waals surface area contributed by atoms with E-state index in [1.54, 1.807) is 19.3 Å². The third kappa shape index (κ3) is 7.04. The zero-order valence-corrected chi connectivity index (χ0v) is 18.4. The molecular weight excluding hydrogens is 410 g/mol. The number of ether oxygens (including phenoxy) is 2. The average Bonchev–Trinajstić information content (AvgIpc) is 2.95. The first-order valence-electron chi connectivity index (χ1n) is 9.74. The second-order valence-electron chi connectivity index (χ2n) is 6.69. The average molecular weight is 438 g/mol. The van der Waals surface area contributed by atoms with Crippen molar-refractivity contribution in [3.05, 3.63) is 28.7 Å². The van der Waals surface area contributed by atoms with E-state index < -0.39 is 18.4 Å². The lowest BCUT2D eigenvalue weighted by molar-refractivity contribution is -0.140. The fourth-order valence-corrected chi connectivity index (χ4v) is 4.14. The van der Waals surface area contributed by atoms with Gasteiger partial charge in [-0.05, 0) is 30.2 Å². The molecular formula is C21H27NO5S2. The minimum atomic E-state index is -1.10. The van der Waals surface area contributed by atoms with Crippen LogP contribution in [0.5, 0.6) is 11.5 Å². The van der Waals surface area contributed by atoms with E-state index in [1.165, 1.54) is 25.7 Å². The number of hydrogen-bond acceptors (Lipinski definition) is 6. The van der Waals surface area contributed by atoms with Gasteiger partial charge in [0, 0.05) is 0 Å². The summed E-state index contributed by atoms with van der Waals surface area (Å²) in [7, 11) is 1.57. The number of thiocarbonyl (C=S) groups is 1. The van der Waals surface area contributed by atoms with Crippen molar-refractivity contribution in [1.82, 2.24) is 4.90 Å². The van der Waals surface area contributed by atoms with Crippen molar-refractivity contribution in [2.45, 2.75) is 45.4 Å². The molecule has 1 N–H and O–H groups in total. The summed E-state index contributed by atoms with van der Waals surface area (Å²) in [5.74, 6) is -0.247. The van der Waals surface area contributed by atoms with Gasteiger partial charge < -0.3 is 14.6 Å². The number of amides is 1. The zero-order valence-electron chi connectivity index (χ0n) is 16.8. The number of hydrogen-bond donors (Lipinski definition) is 1. The minimum absolute atomic E-state index is 0.245. The largest absolute Gasteiger partial charge is 0.493 e. The van der Waals surface area contributed by atoms with E-state index in [1.807, 2.05) is 12.1 Å². The maximum atomic E-state index is 12.4. The third-order valence-electron chi connectivity index (χ3n) is 4.41. The molecule has 0 saturated carbocycles. The molecule has 0 spiro atoms. The van der Waals surface area contributed by atoms with E-state index in [0.29, 0.717) is 23.0 Å². The van der Waals surface area contributed by atoms with Crippen LogP contribution in [0.1, 0.15) is 51.0 Å². The first kappa shape index (κ1) is 23.2. The van der Waals surface area contributed by atoms with Crippen molar-refractivity contribution in [1.29, 1.82) is 0 Å². The van der Waals surface area contributed by atoms with Crippen molar-refractivity contribution < 1.29 is 24.2 Å². The molecule has 0 aromatic heterocycles. The van der Waals surface area contributed by atoms with Crippen LogP contribution in [0.3, 0.4) is 0 Å². The molecule has 1 aromatic carbocycles. The van der Waals surface area contributed by atoms with Crippen molar-refractivity contribution >= 4 is 46.3 Å². The molecule has 1 saturated heterocycles. The van der Waals surface area contributed by atoms with Crippen molar-refractivity contribution in [3.8, 4) is 11.5 Å². The predicted octanol–water partition coefficient (Wildman–Crippen LogP) is 4.72. The van der Waals surface area contributed by atoms with Gasteiger partial charge in [-0.2, -0.15) is 0 Å². The SMILES string of the molecule is CCCCCCCCOc1ccc(/C=C2\SC(=S)N(CC(=O)O)C2=O)cc1OC. The highest BCUT2D eigenvalue weighted by atomic mass is 32.2. The topological polar surface area (TPSA) is 76.1 Å². The molecule has 1 amide bonds. The van der Waals surface area contributed by atoms with Gasteiger partial charge in [-0.15, -0.1) is 0 Å². The Hall–Kier alpha value is -2.06. The highest BCUT2D eigenvalue weighted by Gasteiger charge is 2.33.